The van der Waals surface area contributed by atoms with Crippen LogP contribution < -0.4 is 15.8 Å². The molecular formula is C13H15N3O3S. The van der Waals surface area contributed by atoms with Crippen LogP contribution in [-0.4, -0.2) is 33.5 Å². The zero-order valence-corrected chi connectivity index (χ0v) is 11.5. The second-order valence-corrected chi connectivity index (χ2v) is 6.01. The third-order valence-corrected chi connectivity index (χ3v) is 4.38. The van der Waals surface area contributed by atoms with Crippen LogP contribution in [0, 0.1) is 11.8 Å². The number of nitrogens with one attached hydrogen (secondary N) is 2. The van der Waals surface area contributed by atoms with Crippen LogP contribution in [0.15, 0.2) is 29.2 Å². The Morgan fingerprint density at radius 1 is 1.40 bits per heavy atom. The van der Waals surface area contributed by atoms with E-state index in [-0.39, 0.29) is 23.8 Å². The van der Waals surface area contributed by atoms with Crippen molar-refractivity contribution in [3.63, 3.8) is 0 Å². The fourth-order valence-corrected chi connectivity index (χ4v) is 3.32. The molecule has 1 fully saturated rings. The highest BCUT2D eigenvalue weighted by atomic mass is 32.2. The third kappa shape index (κ3) is 3.36. The molecule has 2 rings (SSSR count). The summed E-state index contributed by atoms with van der Waals surface area (Å²) in [6, 6.07) is 6.01. The molecule has 1 aromatic rings. The molecule has 20 heavy (non-hydrogen) atoms. The Bertz CT molecular complexity index is 674. The molecule has 1 atom stereocenters. The Morgan fingerprint density at radius 3 is 2.80 bits per heavy atom. The molecule has 1 amide bonds. The van der Waals surface area contributed by atoms with E-state index < -0.39 is 16.1 Å². The zero-order chi connectivity index (χ0) is 14.6. The summed E-state index contributed by atoms with van der Waals surface area (Å²) in [5.41, 5.74) is 5.69. The van der Waals surface area contributed by atoms with Crippen molar-refractivity contribution < 1.29 is 13.2 Å². The van der Waals surface area contributed by atoms with E-state index in [1.54, 1.807) is 18.2 Å². The van der Waals surface area contributed by atoms with E-state index in [2.05, 4.69) is 21.9 Å². The highest BCUT2D eigenvalue weighted by Gasteiger charge is 2.27. The van der Waals surface area contributed by atoms with Gasteiger partial charge in [0.05, 0.1) is 11.4 Å². The minimum atomic E-state index is -3.71. The topological polar surface area (TPSA) is 101 Å². The number of benzene rings is 1. The molecular weight excluding hydrogens is 278 g/mol. The molecule has 1 saturated heterocycles. The van der Waals surface area contributed by atoms with E-state index in [9.17, 15) is 13.2 Å². The predicted octanol–water partition coefficient (Wildman–Crippen LogP) is -0.836. The lowest BCUT2D eigenvalue weighted by molar-refractivity contribution is -0.119. The maximum atomic E-state index is 12.3. The lowest BCUT2D eigenvalue weighted by Crippen LogP contribution is -2.36. The van der Waals surface area contributed by atoms with Crippen molar-refractivity contribution in [3.8, 4) is 11.8 Å². The van der Waals surface area contributed by atoms with E-state index in [1.807, 2.05) is 0 Å². The molecule has 0 saturated carbocycles. The monoisotopic (exact) mass is 293 g/mol. The second-order valence-electron chi connectivity index (χ2n) is 4.33. The molecule has 106 valence electrons. The molecule has 6 nitrogen and oxygen atoms in total. The van der Waals surface area contributed by atoms with E-state index in [4.69, 9.17) is 5.73 Å². The van der Waals surface area contributed by atoms with E-state index >= 15 is 0 Å². The summed E-state index contributed by atoms with van der Waals surface area (Å²) in [7, 11) is -3.71. The molecule has 1 aliphatic heterocycles. The molecule has 0 spiro atoms. The smallest absolute Gasteiger partial charge is 0.242 e. The van der Waals surface area contributed by atoms with Gasteiger partial charge in [-0.05, 0) is 12.1 Å². The minimum Gasteiger partial charge on any atom is -0.354 e. The molecule has 0 bridgehead atoms. The van der Waals surface area contributed by atoms with Crippen LogP contribution in [0.1, 0.15) is 12.0 Å². The van der Waals surface area contributed by atoms with Crippen molar-refractivity contribution in [3.05, 3.63) is 29.8 Å². The summed E-state index contributed by atoms with van der Waals surface area (Å²) in [5, 5.41) is 2.58. The number of carbonyl (C=O) groups excluding carboxylic acids is 1. The third-order valence-electron chi connectivity index (χ3n) is 2.80. The van der Waals surface area contributed by atoms with Crippen LogP contribution in [0.2, 0.25) is 0 Å². The van der Waals surface area contributed by atoms with E-state index in [0.717, 1.165) is 0 Å². The maximum Gasteiger partial charge on any atom is 0.242 e. The summed E-state index contributed by atoms with van der Waals surface area (Å²) in [6.07, 6.45) is 0.149. The first-order chi connectivity index (χ1) is 9.53. The van der Waals surface area contributed by atoms with Gasteiger partial charge in [0.2, 0.25) is 15.9 Å². The average Bonchev–Trinajstić information content (AvgIpc) is 2.81. The summed E-state index contributed by atoms with van der Waals surface area (Å²) in [4.78, 5) is 11.2. The standard InChI is InChI=1S/C13H15N3O3S/c14-7-3-5-10-4-1-2-6-12(10)20(18,19)16-11-8-13(17)15-9-11/h1-2,4,6,11,16H,7-9,14H2,(H,15,17). The van der Waals surface area contributed by atoms with Gasteiger partial charge in [-0.2, -0.15) is 0 Å². The molecule has 0 aliphatic carbocycles. The van der Waals surface area contributed by atoms with Crippen molar-refractivity contribution in [1.29, 1.82) is 0 Å². The summed E-state index contributed by atoms with van der Waals surface area (Å²) in [5.74, 6) is 5.21. The van der Waals surface area contributed by atoms with Gasteiger partial charge in [0, 0.05) is 24.6 Å². The van der Waals surface area contributed by atoms with Crippen LogP contribution >= 0.6 is 0 Å². The van der Waals surface area contributed by atoms with Crippen LogP contribution in [0.5, 0.6) is 0 Å². The second kappa shape index (κ2) is 6.05. The van der Waals surface area contributed by atoms with Crippen LogP contribution in [0.25, 0.3) is 0 Å². The molecule has 1 unspecified atom stereocenters. The SMILES string of the molecule is NCC#Cc1ccccc1S(=O)(=O)NC1CNC(=O)C1. The molecule has 1 heterocycles. The van der Waals surface area contributed by atoms with Crippen LogP contribution in [0.3, 0.4) is 0 Å². The average molecular weight is 293 g/mol. The molecule has 0 aromatic heterocycles. The quantitative estimate of drug-likeness (QED) is 0.633. The number of rotatable bonds is 3. The number of hydrogen-bond acceptors (Lipinski definition) is 4. The van der Waals surface area contributed by atoms with Crippen LogP contribution in [-0.2, 0) is 14.8 Å². The van der Waals surface area contributed by atoms with Crippen molar-refractivity contribution in [2.45, 2.75) is 17.4 Å². The molecule has 7 heteroatoms. The number of amides is 1. The fourth-order valence-electron chi connectivity index (χ4n) is 1.92. The fraction of sp³-hybridized carbons (Fsp3) is 0.308. The number of sulfonamides is 1. The van der Waals surface area contributed by atoms with Crippen molar-refractivity contribution in [2.75, 3.05) is 13.1 Å². The summed E-state index contributed by atoms with van der Waals surface area (Å²) in [6.45, 7) is 0.456. The molecule has 1 aliphatic rings. The Kier molecular flexibility index (Phi) is 4.39. The van der Waals surface area contributed by atoms with Gasteiger partial charge in [-0.3, -0.25) is 4.79 Å². The van der Waals surface area contributed by atoms with E-state index in [1.165, 1.54) is 6.07 Å². The van der Waals surface area contributed by atoms with E-state index in [0.29, 0.717) is 12.1 Å². The van der Waals surface area contributed by atoms with Gasteiger partial charge < -0.3 is 11.1 Å². The lowest BCUT2D eigenvalue weighted by atomic mass is 10.2. The molecule has 0 radical (unpaired) electrons. The van der Waals surface area contributed by atoms with Crippen LogP contribution in [0.4, 0.5) is 0 Å². The van der Waals surface area contributed by atoms with Gasteiger partial charge in [0.1, 0.15) is 0 Å². The van der Waals surface area contributed by atoms with Crippen molar-refractivity contribution in [1.82, 2.24) is 10.0 Å². The first-order valence-electron chi connectivity index (χ1n) is 6.10. The maximum absolute atomic E-state index is 12.3. The Balaban J connectivity index is 2.27. The normalized spacial score (nSPS) is 18.2. The molecule has 4 N–H and O–H groups in total. The highest BCUT2D eigenvalue weighted by molar-refractivity contribution is 7.89. The summed E-state index contributed by atoms with van der Waals surface area (Å²) < 4.78 is 27.2. The number of nitrogens with two attached hydrogens (primary N) is 1. The van der Waals surface area contributed by atoms with Gasteiger partial charge in [-0.25, -0.2) is 13.1 Å². The van der Waals surface area contributed by atoms with Gasteiger partial charge in [0.25, 0.3) is 0 Å². The highest BCUT2D eigenvalue weighted by Crippen LogP contribution is 2.15. The van der Waals surface area contributed by atoms with Crippen molar-refractivity contribution in [2.24, 2.45) is 5.73 Å². The van der Waals surface area contributed by atoms with Gasteiger partial charge in [0.15, 0.2) is 0 Å². The van der Waals surface area contributed by atoms with Gasteiger partial charge in [-0.15, -0.1) is 0 Å². The Hall–Kier alpha value is -1.88. The summed E-state index contributed by atoms with van der Waals surface area (Å²) >= 11 is 0. The number of carbonyl (C=O) groups is 1. The molecule has 1 aromatic carbocycles. The lowest BCUT2D eigenvalue weighted by Gasteiger charge is -2.12. The largest absolute Gasteiger partial charge is 0.354 e. The first-order valence-corrected chi connectivity index (χ1v) is 7.58. The number of hydrogen-bond donors (Lipinski definition) is 3. The van der Waals surface area contributed by atoms with Crippen molar-refractivity contribution >= 4 is 15.9 Å². The zero-order valence-electron chi connectivity index (χ0n) is 10.7. The van der Waals surface area contributed by atoms with Gasteiger partial charge >= 0.3 is 0 Å². The Labute approximate surface area is 117 Å². The minimum absolute atomic E-state index is 0.0975. The van der Waals surface area contributed by atoms with Gasteiger partial charge in [-0.1, -0.05) is 24.0 Å². The Morgan fingerprint density at radius 2 is 2.15 bits per heavy atom. The predicted molar refractivity (Wildman–Crippen MR) is 74.1 cm³/mol. The first kappa shape index (κ1) is 14.5.